The molecule has 1 N–H and O–H groups in total. The van der Waals surface area contributed by atoms with E-state index in [1.54, 1.807) is 30.3 Å². The van der Waals surface area contributed by atoms with Crippen molar-refractivity contribution in [3.63, 3.8) is 0 Å². The molecular weight excluding hydrogens is 432 g/mol. The lowest BCUT2D eigenvalue weighted by Gasteiger charge is -2.14. The quantitative estimate of drug-likeness (QED) is 0.482. The van der Waals surface area contributed by atoms with Crippen LogP contribution in [-0.2, 0) is 6.18 Å². The molecule has 2 aromatic carbocycles. The second-order valence-corrected chi connectivity index (χ2v) is 7.50. The van der Waals surface area contributed by atoms with Gasteiger partial charge in [0.1, 0.15) is 5.03 Å². The molecule has 0 atom stereocenters. The number of halogens is 5. The van der Waals surface area contributed by atoms with Gasteiger partial charge in [0.05, 0.1) is 21.8 Å². The van der Waals surface area contributed by atoms with Gasteiger partial charge in [-0.2, -0.15) is 13.2 Å². The maximum atomic E-state index is 13.5. The van der Waals surface area contributed by atoms with Crippen LogP contribution in [0.3, 0.4) is 0 Å². The Morgan fingerprint density at radius 1 is 1.04 bits per heavy atom. The molecule has 1 aromatic heterocycles. The Kier molecular flexibility index (Phi) is 6.17. The Labute approximate surface area is 172 Å². The monoisotopic (exact) mass is 442 g/mol. The molecular formula is C19H11Cl2F3N2OS. The minimum Gasteiger partial charge on any atom is -0.321 e. The summed E-state index contributed by atoms with van der Waals surface area (Å²) in [6.07, 6.45) is -3.82. The zero-order valence-electron chi connectivity index (χ0n) is 13.9. The first kappa shape index (κ1) is 20.5. The third-order valence-corrected chi connectivity index (χ3v) is 5.06. The van der Waals surface area contributed by atoms with Crippen molar-refractivity contribution in [2.45, 2.75) is 16.1 Å². The Hall–Kier alpha value is -2.22. The number of benzene rings is 2. The number of hydrogen-bond donors (Lipinski definition) is 1. The summed E-state index contributed by atoms with van der Waals surface area (Å²) in [7, 11) is 0. The van der Waals surface area contributed by atoms with Crippen LogP contribution in [0.1, 0.15) is 15.9 Å². The maximum absolute atomic E-state index is 13.5. The summed E-state index contributed by atoms with van der Waals surface area (Å²) in [5.74, 6) is -0.972. The van der Waals surface area contributed by atoms with Crippen molar-refractivity contribution in [3.8, 4) is 0 Å². The molecule has 0 radical (unpaired) electrons. The van der Waals surface area contributed by atoms with Crippen molar-refractivity contribution in [3.05, 3.63) is 82.0 Å². The maximum Gasteiger partial charge on any atom is 0.417 e. The first-order chi connectivity index (χ1) is 13.2. The van der Waals surface area contributed by atoms with Gasteiger partial charge < -0.3 is 5.32 Å². The van der Waals surface area contributed by atoms with Gasteiger partial charge in [0.2, 0.25) is 0 Å². The van der Waals surface area contributed by atoms with Crippen LogP contribution in [0.4, 0.5) is 18.9 Å². The fourth-order valence-electron chi connectivity index (χ4n) is 2.30. The van der Waals surface area contributed by atoms with Crippen molar-refractivity contribution in [2.75, 3.05) is 5.32 Å². The van der Waals surface area contributed by atoms with Crippen LogP contribution < -0.4 is 5.32 Å². The molecule has 1 heterocycles. The molecule has 1 amide bonds. The third-order valence-electron chi connectivity index (χ3n) is 3.57. The van der Waals surface area contributed by atoms with Crippen molar-refractivity contribution in [2.24, 2.45) is 0 Å². The van der Waals surface area contributed by atoms with Gasteiger partial charge >= 0.3 is 6.18 Å². The molecule has 0 saturated heterocycles. The molecule has 0 spiro atoms. The first-order valence-electron chi connectivity index (χ1n) is 7.80. The number of nitrogens with one attached hydrogen (secondary N) is 1. The lowest BCUT2D eigenvalue weighted by Crippen LogP contribution is -2.19. The average Bonchev–Trinajstić information content (AvgIpc) is 2.64. The highest BCUT2D eigenvalue weighted by Crippen LogP contribution is 2.36. The van der Waals surface area contributed by atoms with Crippen molar-refractivity contribution >= 4 is 46.6 Å². The van der Waals surface area contributed by atoms with Crippen LogP contribution in [0.25, 0.3) is 0 Å². The fraction of sp³-hybridized carbons (Fsp3) is 0.0526. The van der Waals surface area contributed by atoms with Crippen molar-refractivity contribution in [1.82, 2.24) is 4.98 Å². The molecule has 0 fully saturated rings. The fourth-order valence-corrected chi connectivity index (χ4v) is 3.57. The van der Waals surface area contributed by atoms with Crippen LogP contribution in [0.2, 0.25) is 10.0 Å². The van der Waals surface area contributed by atoms with E-state index >= 15 is 0 Å². The highest BCUT2D eigenvalue weighted by Gasteiger charge is 2.36. The van der Waals surface area contributed by atoms with Crippen LogP contribution in [0.15, 0.2) is 70.7 Å². The van der Waals surface area contributed by atoms with Crippen LogP contribution >= 0.6 is 35.0 Å². The summed E-state index contributed by atoms with van der Waals surface area (Å²) >= 11 is 12.8. The number of alkyl halides is 3. The number of aromatic nitrogens is 1. The van der Waals surface area contributed by atoms with E-state index in [4.69, 9.17) is 23.2 Å². The van der Waals surface area contributed by atoms with Gasteiger partial charge in [-0.15, -0.1) is 0 Å². The van der Waals surface area contributed by atoms with E-state index < -0.39 is 23.2 Å². The molecule has 0 aliphatic heterocycles. The van der Waals surface area contributed by atoms with E-state index in [1.807, 2.05) is 0 Å². The van der Waals surface area contributed by atoms with Gasteiger partial charge in [-0.05, 0) is 36.4 Å². The standard InChI is InChI=1S/C19H11Cl2F3N2OS/c20-11-6-7-16(15(21)8-11)26-18(27)13-10-25-17(9-14(13)19(22,23)24)28-12-4-2-1-3-5-12/h1-10H,(H,26,27). The van der Waals surface area contributed by atoms with Gasteiger partial charge in [-0.25, -0.2) is 4.98 Å². The number of pyridine rings is 1. The first-order valence-corrected chi connectivity index (χ1v) is 9.38. The predicted molar refractivity (Wildman–Crippen MR) is 104 cm³/mol. The van der Waals surface area contributed by atoms with Gasteiger partial charge in [0.25, 0.3) is 5.91 Å². The molecule has 3 nitrogen and oxygen atoms in total. The van der Waals surface area contributed by atoms with Gasteiger partial charge in [-0.3, -0.25) is 4.79 Å². The topological polar surface area (TPSA) is 42.0 Å². The summed E-state index contributed by atoms with van der Waals surface area (Å²) in [4.78, 5) is 17.2. The Balaban J connectivity index is 1.92. The molecule has 0 bridgehead atoms. The van der Waals surface area contributed by atoms with Crippen LogP contribution in [-0.4, -0.2) is 10.9 Å². The molecule has 144 valence electrons. The van der Waals surface area contributed by atoms with Crippen LogP contribution in [0.5, 0.6) is 0 Å². The number of rotatable bonds is 4. The van der Waals surface area contributed by atoms with E-state index in [1.165, 1.54) is 18.2 Å². The minimum atomic E-state index is -4.73. The zero-order valence-corrected chi connectivity index (χ0v) is 16.3. The molecule has 0 aliphatic rings. The van der Waals surface area contributed by atoms with Gasteiger partial charge in [0, 0.05) is 16.1 Å². The molecule has 0 saturated carbocycles. The van der Waals surface area contributed by atoms with Gasteiger partial charge in [-0.1, -0.05) is 53.2 Å². The number of hydrogen-bond acceptors (Lipinski definition) is 3. The number of amides is 1. The van der Waals surface area contributed by atoms with E-state index in [-0.39, 0.29) is 15.7 Å². The molecule has 3 rings (SSSR count). The average molecular weight is 443 g/mol. The molecule has 9 heteroatoms. The molecule has 0 aliphatic carbocycles. The third kappa shape index (κ3) is 4.98. The summed E-state index contributed by atoms with van der Waals surface area (Å²) in [6, 6.07) is 13.9. The molecule has 28 heavy (non-hydrogen) atoms. The number of carbonyl (C=O) groups is 1. The number of anilines is 1. The smallest absolute Gasteiger partial charge is 0.321 e. The van der Waals surface area contributed by atoms with Crippen molar-refractivity contribution in [1.29, 1.82) is 0 Å². The van der Waals surface area contributed by atoms with Crippen molar-refractivity contribution < 1.29 is 18.0 Å². The summed E-state index contributed by atoms with van der Waals surface area (Å²) in [5, 5.41) is 2.93. The summed E-state index contributed by atoms with van der Waals surface area (Å²) in [6.45, 7) is 0. The number of nitrogens with zero attached hydrogens (tertiary/aromatic N) is 1. The summed E-state index contributed by atoms with van der Waals surface area (Å²) in [5.41, 5.74) is -1.54. The van der Waals surface area contributed by atoms with E-state index in [0.717, 1.165) is 28.9 Å². The van der Waals surface area contributed by atoms with E-state index in [0.29, 0.717) is 5.02 Å². The second kappa shape index (κ2) is 8.43. The predicted octanol–water partition coefficient (Wildman–Crippen LogP) is 6.81. The Morgan fingerprint density at radius 3 is 2.39 bits per heavy atom. The van der Waals surface area contributed by atoms with E-state index in [9.17, 15) is 18.0 Å². The van der Waals surface area contributed by atoms with Gasteiger partial charge in [0.15, 0.2) is 0 Å². The summed E-state index contributed by atoms with van der Waals surface area (Å²) < 4.78 is 40.6. The number of carbonyl (C=O) groups excluding carboxylic acids is 1. The molecule has 0 unspecified atom stereocenters. The SMILES string of the molecule is O=C(Nc1ccc(Cl)cc1Cl)c1cnc(Sc2ccccc2)cc1C(F)(F)F. The highest BCUT2D eigenvalue weighted by molar-refractivity contribution is 7.99. The normalized spacial score (nSPS) is 11.3. The van der Waals surface area contributed by atoms with E-state index in [2.05, 4.69) is 10.3 Å². The highest BCUT2D eigenvalue weighted by atomic mass is 35.5. The largest absolute Gasteiger partial charge is 0.417 e. The zero-order chi connectivity index (χ0) is 20.3. The Bertz CT molecular complexity index is 1010. The lowest BCUT2D eigenvalue weighted by atomic mass is 10.1. The second-order valence-electron chi connectivity index (χ2n) is 5.56. The Morgan fingerprint density at radius 2 is 1.75 bits per heavy atom. The minimum absolute atomic E-state index is 0.110. The lowest BCUT2D eigenvalue weighted by molar-refractivity contribution is -0.138. The van der Waals surface area contributed by atoms with Crippen LogP contribution in [0, 0.1) is 0 Å². The molecule has 3 aromatic rings.